The van der Waals surface area contributed by atoms with Crippen molar-refractivity contribution in [3.63, 3.8) is 0 Å². The Bertz CT molecular complexity index is 622. The van der Waals surface area contributed by atoms with Crippen LogP contribution in [0.5, 0.6) is 0 Å². The van der Waals surface area contributed by atoms with Crippen molar-refractivity contribution in [2.75, 3.05) is 5.32 Å². The van der Waals surface area contributed by atoms with Crippen molar-refractivity contribution in [3.8, 4) is 0 Å². The number of carbonyl (C=O) groups is 2. The highest BCUT2D eigenvalue weighted by molar-refractivity contribution is 5.96. The highest BCUT2D eigenvalue weighted by Gasteiger charge is 2.53. The summed E-state index contributed by atoms with van der Waals surface area (Å²) in [6.45, 7) is 2.15. The van der Waals surface area contributed by atoms with E-state index in [1.807, 2.05) is 24.3 Å². The van der Waals surface area contributed by atoms with E-state index in [0.29, 0.717) is 5.69 Å². The lowest BCUT2D eigenvalue weighted by atomic mass is 9.82. The summed E-state index contributed by atoms with van der Waals surface area (Å²) in [7, 11) is 0. The lowest BCUT2D eigenvalue weighted by Crippen LogP contribution is -2.39. The Balaban J connectivity index is 1.67. The number of aryl methyl sites for hydroxylation is 1. The average molecular weight is 315 g/mol. The van der Waals surface area contributed by atoms with E-state index in [0.717, 1.165) is 19.3 Å². The third-order valence-corrected chi connectivity index (χ3v) is 4.53. The molecule has 2 aliphatic rings. The molecular formula is C18H21NO4. The summed E-state index contributed by atoms with van der Waals surface area (Å²) in [5.41, 5.74) is 1.92. The number of hydrogen-bond donors (Lipinski definition) is 2. The van der Waals surface area contributed by atoms with Crippen LogP contribution in [0.4, 0.5) is 5.69 Å². The molecule has 2 heterocycles. The number of anilines is 1. The minimum absolute atomic E-state index is 0.296. The fraction of sp³-hybridized carbons (Fsp3) is 0.444. The SMILES string of the molecule is CCCCc1ccc(NC(=O)[C@@H]2[C@@H](C(=O)O)[C@@H]3C=C[C@H]2O3)cc1. The molecular weight excluding hydrogens is 294 g/mol. The minimum atomic E-state index is -0.989. The number of carboxylic acid groups (broad SMARTS) is 1. The van der Waals surface area contributed by atoms with E-state index in [2.05, 4.69) is 12.2 Å². The monoisotopic (exact) mass is 315 g/mol. The summed E-state index contributed by atoms with van der Waals surface area (Å²) in [5, 5.41) is 12.2. The maximum Gasteiger partial charge on any atom is 0.310 e. The topological polar surface area (TPSA) is 75.6 Å². The number of rotatable bonds is 6. The van der Waals surface area contributed by atoms with Crippen LogP contribution in [-0.4, -0.2) is 29.2 Å². The molecule has 0 saturated carbocycles. The van der Waals surface area contributed by atoms with Gasteiger partial charge < -0.3 is 15.2 Å². The predicted octanol–water partition coefficient (Wildman–Crippen LogP) is 2.62. The molecule has 2 bridgehead atoms. The molecule has 1 saturated heterocycles. The van der Waals surface area contributed by atoms with Crippen molar-refractivity contribution < 1.29 is 19.4 Å². The van der Waals surface area contributed by atoms with Gasteiger partial charge in [0.25, 0.3) is 0 Å². The molecule has 2 N–H and O–H groups in total. The van der Waals surface area contributed by atoms with Crippen LogP contribution in [0.15, 0.2) is 36.4 Å². The number of hydrogen-bond acceptors (Lipinski definition) is 3. The number of fused-ring (bicyclic) bond motifs is 2. The van der Waals surface area contributed by atoms with Crippen LogP contribution in [0.25, 0.3) is 0 Å². The first-order valence-corrected chi connectivity index (χ1v) is 8.06. The Morgan fingerprint density at radius 2 is 1.78 bits per heavy atom. The Kier molecular flexibility index (Phi) is 4.48. The first-order valence-electron chi connectivity index (χ1n) is 8.06. The predicted molar refractivity (Wildman–Crippen MR) is 86.1 cm³/mol. The number of ether oxygens (including phenoxy) is 1. The van der Waals surface area contributed by atoms with Crippen molar-refractivity contribution in [2.24, 2.45) is 11.8 Å². The van der Waals surface area contributed by atoms with Gasteiger partial charge in [0.05, 0.1) is 18.1 Å². The number of aliphatic carboxylic acids is 1. The number of benzene rings is 1. The molecule has 1 aromatic carbocycles. The van der Waals surface area contributed by atoms with Gasteiger partial charge in [0.2, 0.25) is 5.91 Å². The summed E-state index contributed by atoms with van der Waals surface area (Å²) < 4.78 is 5.53. The van der Waals surface area contributed by atoms with Gasteiger partial charge in [0.15, 0.2) is 0 Å². The molecule has 1 aromatic rings. The smallest absolute Gasteiger partial charge is 0.310 e. The average Bonchev–Trinajstić information content (AvgIpc) is 3.15. The molecule has 0 spiro atoms. The molecule has 23 heavy (non-hydrogen) atoms. The van der Waals surface area contributed by atoms with Crippen LogP contribution in [0.2, 0.25) is 0 Å². The summed E-state index contributed by atoms with van der Waals surface area (Å²) >= 11 is 0. The molecule has 5 heteroatoms. The fourth-order valence-corrected chi connectivity index (χ4v) is 3.28. The second-order valence-electron chi connectivity index (χ2n) is 6.13. The van der Waals surface area contributed by atoms with Crippen molar-refractivity contribution in [3.05, 3.63) is 42.0 Å². The molecule has 0 radical (unpaired) electrons. The fourth-order valence-electron chi connectivity index (χ4n) is 3.28. The summed E-state index contributed by atoms with van der Waals surface area (Å²) in [6.07, 6.45) is 5.89. The van der Waals surface area contributed by atoms with Gasteiger partial charge in [-0.15, -0.1) is 0 Å². The zero-order valence-electron chi connectivity index (χ0n) is 13.1. The Morgan fingerprint density at radius 3 is 2.39 bits per heavy atom. The highest BCUT2D eigenvalue weighted by Crippen LogP contribution is 2.39. The van der Waals surface area contributed by atoms with Crippen LogP contribution in [0.1, 0.15) is 25.3 Å². The first kappa shape index (κ1) is 15.7. The van der Waals surface area contributed by atoms with Crippen molar-refractivity contribution in [1.82, 2.24) is 0 Å². The van der Waals surface area contributed by atoms with Crippen LogP contribution >= 0.6 is 0 Å². The van der Waals surface area contributed by atoms with Crippen LogP contribution in [-0.2, 0) is 20.7 Å². The number of carboxylic acids is 1. The van der Waals surface area contributed by atoms with Gasteiger partial charge in [0, 0.05) is 5.69 Å². The van der Waals surface area contributed by atoms with Gasteiger partial charge in [0.1, 0.15) is 5.92 Å². The molecule has 0 aromatic heterocycles. The first-order chi connectivity index (χ1) is 11.1. The number of amides is 1. The van der Waals surface area contributed by atoms with Gasteiger partial charge in [-0.1, -0.05) is 37.6 Å². The van der Waals surface area contributed by atoms with E-state index < -0.39 is 30.0 Å². The largest absolute Gasteiger partial charge is 0.481 e. The number of unbranched alkanes of at least 4 members (excludes halogenated alkanes) is 1. The minimum Gasteiger partial charge on any atom is -0.481 e. The number of nitrogens with one attached hydrogen (secondary N) is 1. The lowest BCUT2D eigenvalue weighted by molar-refractivity contribution is -0.145. The highest BCUT2D eigenvalue weighted by atomic mass is 16.5. The third kappa shape index (κ3) is 3.15. The molecule has 122 valence electrons. The normalized spacial score (nSPS) is 28.0. The van der Waals surface area contributed by atoms with Crippen molar-refractivity contribution in [2.45, 2.75) is 38.4 Å². The van der Waals surface area contributed by atoms with Gasteiger partial charge >= 0.3 is 5.97 Å². The molecule has 1 amide bonds. The summed E-state index contributed by atoms with van der Waals surface area (Å²) in [4.78, 5) is 23.9. The second-order valence-corrected chi connectivity index (χ2v) is 6.13. The Labute approximate surface area is 135 Å². The van der Waals surface area contributed by atoms with Gasteiger partial charge in [-0.2, -0.15) is 0 Å². The van der Waals surface area contributed by atoms with E-state index in [9.17, 15) is 14.7 Å². The van der Waals surface area contributed by atoms with Crippen LogP contribution in [0.3, 0.4) is 0 Å². The quantitative estimate of drug-likeness (QED) is 0.791. The number of carbonyl (C=O) groups excluding carboxylic acids is 1. The Hall–Kier alpha value is -2.14. The van der Waals surface area contributed by atoms with E-state index in [1.54, 1.807) is 12.2 Å². The molecule has 5 nitrogen and oxygen atoms in total. The van der Waals surface area contributed by atoms with E-state index in [-0.39, 0.29) is 5.91 Å². The zero-order chi connectivity index (χ0) is 16.4. The van der Waals surface area contributed by atoms with E-state index in [1.165, 1.54) is 5.56 Å². The molecule has 4 atom stereocenters. The van der Waals surface area contributed by atoms with Gasteiger partial charge in [-0.25, -0.2) is 0 Å². The summed E-state index contributed by atoms with van der Waals surface area (Å²) in [5.74, 6) is -2.77. The van der Waals surface area contributed by atoms with Gasteiger partial charge in [-0.05, 0) is 30.5 Å². The maximum atomic E-state index is 12.5. The van der Waals surface area contributed by atoms with Crippen LogP contribution in [0, 0.1) is 11.8 Å². The van der Waals surface area contributed by atoms with Crippen LogP contribution < -0.4 is 5.32 Å². The van der Waals surface area contributed by atoms with E-state index >= 15 is 0 Å². The lowest BCUT2D eigenvalue weighted by Gasteiger charge is -2.21. The molecule has 1 fully saturated rings. The molecule has 0 aliphatic carbocycles. The van der Waals surface area contributed by atoms with Crippen molar-refractivity contribution in [1.29, 1.82) is 0 Å². The standard InChI is InChI=1S/C18H21NO4/c1-2-3-4-11-5-7-12(8-6-11)19-17(20)15-13-9-10-14(23-13)16(15)18(21)22/h5-10,13-16H,2-4H2,1H3,(H,19,20)(H,21,22)/t13-,14+,15+,16+/m1/s1. The molecule has 2 aliphatic heterocycles. The second kappa shape index (κ2) is 6.54. The third-order valence-electron chi connectivity index (χ3n) is 4.53. The molecule has 3 rings (SSSR count). The van der Waals surface area contributed by atoms with E-state index in [4.69, 9.17) is 4.74 Å². The maximum absolute atomic E-state index is 12.5. The van der Waals surface area contributed by atoms with Gasteiger partial charge in [-0.3, -0.25) is 9.59 Å². The van der Waals surface area contributed by atoms with Crippen molar-refractivity contribution >= 4 is 17.6 Å². The summed E-state index contributed by atoms with van der Waals surface area (Å²) in [6, 6.07) is 7.72. The Morgan fingerprint density at radius 1 is 1.13 bits per heavy atom. The zero-order valence-corrected chi connectivity index (χ0v) is 13.1. The molecule has 0 unspecified atom stereocenters.